The molecule has 0 amide bonds. The van der Waals surface area contributed by atoms with Crippen molar-refractivity contribution in [2.24, 2.45) is 0 Å². The third kappa shape index (κ3) is 3.11. The van der Waals surface area contributed by atoms with Crippen molar-refractivity contribution >= 4 is 12.4 Å². The van der Waals surface area contributed by atoms with Gasteiger partial charge in [0.2, 0.25) is 0 Å². The topological polar surface area (TPSA) is 21.3 Å². The Labute approximate surface area is 97.4 Å². The molecule has 3 heteroatoms. The summed E-state index contributed by atoms with van der Waals surface area (Å²) in [5.74, 6) is 1.63. The zero-order chi connectivity index (χ0) is 9.80. The lowest BCUT2D eigenvalue weighted by Gasteiger charge is -2.23. The van der Waals surface area contributed by atoms with Gasteiger partial charge in [-0.15, -0.1) is 12.4 Å². The smallest absolute Gasteiger partial charge is 0.119 e. The van der Waals surface area contributed by atoms with Gasteiger partial charge >= 0.3 is 0 Å². The third-order valence-electron chi connectivity index (χ3n) is 2.86. The highest BCUT2D eigenvalue weighted by molar-refractivity contribution is 5.85. The summed E-state index contributed by atoms with van der Waals surface area (Å²) in [6, 6.07) is 8.42. The van der Waals surface area contributed by atoms with Gasteiger partial charge in [0.15, 0.2) is 0 Å². The van der Waals surface area contributed by atoms with Gasteiger partial charge in [0.05, 0.1) is 7.11 Å². The molecule has 84 valence electrons. The first-order chi connectivity index (χ1) is 6.90. The molecule has 1 heterocycles. The summed E-state index contributed by atoms with van der Waals surface area (Å²) < 4.78 is 5.23. The van der Waals surface area contributed by atoms with Crippen molar-refractivity contribution in [3.63, 3.8) is 0 Å². The monoisotopic (exact) mass is 227 g/mol. The second kappa shape index (κ2) is 5.99. The largest absolute Gasteiger partial charge is 0.497 e. The van der Waals surface area contributed by atoms with E-state index in [2.05, 4.69) is 23.5 Å². The molecule has 1 atom stereocenters. The summed E-state index contributed by atoms with van der Waals surface area (Å²) in [7, 11) is 1.72. The van der Waals surface area contributed by atoms with Crippen LogP contribution in [0.5, 0.6) is 5.75 Å². The number of nitrogens with one attached hydrogen (secondary N) is 1. The fraction of sp³-hybridized carbons (Fsp3) is 0.500. The third-order valence-corrected chi connectivity index (χ3v) is 2.86. The summed E-state index contributed by atoms with van der Waals surface area (Å²) in [6.07, 6.45) is 2.57. The summed E-state index contributed by atoms with van der Waals surface area (Å²) >= 11 is 0. The summed E-state index contributed by atoms with van der Waals surface area (Å²) in [5.41, 5.74) is 1.40. The fourth-order valence-corrected chi connectivity index (χ4v) is 2.03. The molecule has 1 aromatic carbocycles. The van der Waals surface area contributed by atoms with Crippen LogP contribution in [0.1, 0.15) is 24.3 Å². The molecule has 0 aliphatic carbocycles. The molecule has 1 N–H and O–H groups in total. The maximum atomic E-state index is 5.23. The van der Waals surface area contributed by atoms with E-state index in [-0.39, 0.29) is 12.4 Å². The molecule has 0 aromatic heterocycles. The molecule has 15 heavy (non-hydrogen) atoms. The number of piperidine rings is 1. The van der Waals surface area contributed by atoms with Gasteiger partial charge in [0.1, 0.15) is 5.75 Å². The van der Waals surface area contributed by atoms with Crippen molar-refractivity contribution in [3.8, 4) is 5.75 Å². The molecule has 0 radical (unpaired) electrons. The van der Waals surface area contributed by atoms with Crippen LogP contribution in [0, 0.1) is 0 Å². The zero-order valence-corrected chi connectivity index (χ0v) is 9.85. The van der Waals surface area contributed by atoms with E-state index >= 15 is 0 Å². The first-order valence-electron chi connectivity index (χ1n) is 5.25. The van der Waals surface area contributed by atoms with Crippen LogP contribution in [-0.4, -0.2) is 20.2 Å². The Hall–Kier alpha value is -0.730. The van der Waals surface area contributed by atoms with Crippen LogP contribution in [0.4, 0.5) is 0 Å². The van der Waals surface area contributed by atoms with Crippen LogP contribution in [0.15, 0.2) is 24.3 Å². The van der Waals surface area contributed by atoms with E-state index in [4.69, 9.17) is 4.74 Å². The quantitative estimate of drug-likeness (QED) is 0.839. The molecule has 0 bridgehead atoms. The van der Waals surface area contributed by atoms with Gasteiger partial charge in [-0.1, -0.05) is 12.1 Å². The second-order valence-electron chi connectivity index (χ2n) is 3.82. The van der Waals surface area contributed by atoms with E-state index in [0.717, 1.165) is 12.3 Å². The Morgan fingerprint density at radius 3 is 2.93 bits per heavy atom. The van der Waals surface area contributed by atoms with Crippen molar-refractivity contribution in [1.29, 1.82) is 0 Å². The molecule has 2 nitrogen and oxygen atoms in total. The van der Waals surface area contributed by atoms with E-state index in [1.165, 1.54) is 24.9 Å². The average Bonchev–Trinajstić information content (AvgIpc) is 2.30. The Kier molecular flexibility index (Phi) is 4.92. The predicted molar refractivity (Wildman–Crippen MR) is 65.1 cm³/mol. The van der Waals surface area contributed by atoms with E-state index in [9.17, 15) is 0 Å². The van der Waals surface area contributed by atoms with Crippen LogP contribution < -0.4 is 10.1 Å². The number of hydrogen-bond donors (Lipinski definition) is 1. The number of rotatable bonds is 2. The molecule has 0 saturated carbocycles. The summed E-state index contributed by atoms with van der Waals surface area (Å²) in [5, 5.41) is 3.43. The normalized spacial score (nSPS) is 20.5. The zero-order valence-electron chi connectivity index (χ0n) is 9.03. The Bertz CT molecular complexity index is 297. The SMILES string of the molecule is COc1cccc(C2CCCNC2)c1.Cl. The van der Waals surface area contributed by atoms with Gasteiger partial charge in [0, 0.05) is 6.54 Å². The van der Waals surface area contributed by atoms with Gasteiger partial charge in [0.25, 0.3) is 0 Å². The van der Waals surface area contributed by atoms with E-state index < -0.39 is 0 Å². The van der Waals surface area contributed by atoms with Crippen molar-refractivity contribution in [1.82, 2.24) is 5.32 Å². The molecule has 2 rings (SSSR count). The Morgan fingerprint density at radius 1 is 1.40 bits per heavy atom. The van der Waals surface area contributed by atoms with Gasteiger partial charge in [-0.25, -0.2) is 0 Å². The van der Waals surface area contributed by atoms with Crippen LogP contribution >= 0.6 is 12.4 Å². The number of methoxy groups -OCH3 is 1. The molecule has 1 fully saturated rings. The number of halogens is 1. The van der Waals surface area contributed by atoms with Crippen LogP contribution in [0.25, 0.3) is 0 Å². The number of ether oxygens (including phenoxy) is 1. The molecule has 0 spiro atoms. The molecular weight excluding hydrogens is 210 g/mol. The minimum atomic E-state index is 0. The lowest BCUT2D eigenvalue weighted by Crippen LogP contribution is -2.28. The number of benzene rings is 1. The van der Waals surface area contributed by atoms with Crippen LogP contribution in [-0.2, 0) is 0 Å². The van der Waals surface area contributed by atoms with Crippen molar-refractivity contribution in [2.45, 2.75) is 18.8 Å². The van der Waals surface area contributed by atoms with Crippen molar-refractivity contribution in [3.05, 3.63) is 29.8 Å². The van der Waals surface area contributed by atoms with Crippen LogP contribution in [0.3, 0.4) is 0 Å². The summed E-state index contributed by atoms with van der Waals surface area (Å²) in [6.45, 7) is 2.27. The molecule has 1 saturated heterocycles. The fourth-order valence-electron chi connectivity index (χ4n) is 2.03. The summed E-state index contributed by atoms with van der Waals surface area (Å²) in [4.78, 5) is 0. The average molecular weight is 228 g/mol. The van der Waals surface area contributed by atoms with Gasteiger partial charge < -0.3 is 10.1 Å². The minimum absolute atomic E-state index is 0. The Morgan fingerprint density at radius 2 is 2.27 bits per heavy atom. The van der Waals surface area contributed by atoms with Crippen molar-refractivity contribution < 1.29 is 4.74 Å². The lowest BCUT2D eigenvalue weighted by molar-refractivity contribution is 0.411. The standard InChI is InChI=1S/C12H17NO.ClH/c1-14-12-6-2-4-10(8-12)11-5-3-7-13-9-11;/h2,4,6,8,11,13H,3,5,7,9H2,1H3;1H. The highest BCUT2D eigenvalue weighted by Gasteiger charge is 2.14. The van der Waals surface area contributed by atoms with Crippen LogP contribution in [0.2, 0.25) is 0 Å². The Balaban J connectivity index is 0.00000112. The highest BCUT2D eigenvalue weighted by atomic mass is 35.5. The van der Waals surface area contributed by atoms with Gasteiger partial charge in [-0.3, -0.25) is 0 Å². The van der Waals surface area contributed by atoms with Gasteiger partial charge in [-0.2, -0.15) is 0 Å². The van der Waals surface area contributed by atoms with Gasteiger partial charge in [-0.05, 0) is 43.0 Å². The van der Waals surface area contributed by atoms with Crippen molar-refractivity contribution in [2.75, 3.05) is 20.2 Å². The van der Waals surface area contributed by atoms with E-state index in [1.54, 1.807) is 7.11 Å². The minimum Gasteiger partial charge on any atom is -0.497 e. The first-order valence-corrected chi connectivity index (χ1v) is 5.25. The molecule has 1 unspecified atom stereocenters. The predicted octanol–water partition coefficient (Wildman–Crippen LogP) is 2.58. The molecule has 1 aromatic rings. The molecule has 1 aliphatic heterocycles. The first kappa shape index (κ1) is 12.3. The molecule has 1 aliphatic rings. The van der Waals surface area contributed by atoms with E-state index in [0.29, 0.717) is 5.92 Å². The van der Waals surface area contributed by atoms with E-state index in [1.807, 2.05) is 6.07 Å². The maximum absolute atomic E-state index is 5.23. The highest BCUT2D eigenvalue weighted by Crippen LogP contribution is 2.25. The second-order valence-corrected chi connectivity index (χ2v) is 3.82. The molecular formula is C12H18ClNO. The number of hydrogen-bond acceptors (Lipinski definition) is 2. The lowest BCUT2D eigenvalue weighted by atomic mass is 9.92. The maximum Gasteiger partial charge on any atom is 0.119 e.